The second kappa shape index (κ2) is 5.64. The van der Waals surface area contributed by atoms with Crippen LogP contribution in [0.4, 0.5) is 11.6 Å². The maximum atomic E-state index is 5.79. The van der Waals surface area contributed by atoms with E-state index in [1.807, 2.05) is 18.5 Å². The van der Waals surface area contributed by atoms with E-state index in [0.29, 0.717) is 11.6 Å². The van der Waals surface area contributed by atoms with Crippen LogP contribution in [0.15, 0.2) is 12.4 Å². The molecule has 0 spiro atoms. The molecule has 3 N–H and O–H groups in total. The van der Waals surface area contributed by atoms with Crippen molar-refractivity contribution in [1.82, 2.24) is 24.7 Å². The average Bonchev–Trinajstić information content (AvgIpc) is 2.75. The smallest absolute Gasteiger partial charge is 0.154 e. The summed E-state index contributed by atoms with van der Waals surface area (Å²) in [6.07, 6.45) is 3.48. The number of hydrogen-bond donors (Lipinski definition) is 2. The Hall–Kier alpha value is -2.18. The van der Waals surface area contributed by atoms with Crippen molar-refractivity contribution in [3.8, 4) is 0 Å². The van der Waals surface area contributed by atoms with Crippen molar-refractivity contribution in [3.05, 3.63) is 24.0 Å². The standard InChI is InChI=1S/C12H19N7/c1-4-5-10-16-9(13)6-11(17-10)15-8(2)12-18-14-7-19(12)3/h6-8H,4-5H2,1-3H3,(H3,13,15,16,17). The van der Waals surface area contributed by atoms with Crippen LogP contribution in [0.1, 0.15) is 38.0 Å². The molecule has 0 aliphatic rings. The van der Waals surface area contributed by atoms with Gasteiger partial charge in [-0.1, -0.05) is 6.92 Å². The minimum atomic E-state index is -0.00345. The van der Waals surface area contributed by atoms with Crippen LogP contribution in [-0.2, 0) is 13.5 Å². The maximum absolute atomic E-state index is 5.79. The largest absolute Gasteiger partial charge is 0.384 e. The number of nitrogens with zero attached hydrogens (tertiary/aromatic N) is 5. The summed E-state index contributed by atoms with van der Waals surface area (Å²) in [5.41, 5.74) is 5.79. The van der Waals surface area contributed by atoms with Crippen LogP contribution in [0.2, 0.25) is 0 Å². The molecule has 0 aromatic carbocycles. The molecule has 1 unspecified atom stereocenters. The van der Waals surface area contributed by atoms with Gasteiger partial charge >= 0.3 is 0 Å². The van der Waals surface area contributed by atoms with Gasteiger partial charge in [-0.3, -0.25) is 0 Å². The van der Waals surface area contributed by atoms with Gasteiger partial charge in [-0.15, -0.1) is 10.2 Å². The fraction of sp³-hybridized carbons (Fsp3) is 0.500. The predicted octanol–water partition coefficient (Wildman–Crippen LogP) is 1.31. The summed E-state index contributed by atoms with van der Waals surface area (Å²) >= 11 is 0. The van der Waals surface area contributed by atoms with Gasteiger partial charge in [0.25, 0.3) is 0 Å². The summed E-state index contributed by atoms with van der Waals surface area (Å²) < 4.78 is 1.87. The Balaban J connectivity index is 2.16. The quantitative estimate of drug-likeness (QED) is 0.842. The molecule has 0 bridgehead atoms. The number of aromatic nitrogens is 5. The first-order valence-corrected chi connectivity index (χ1v) is 6.34. The Labute approximate surface area is 112 Å². The van der Waals surface area contributed by atoms with Gasteiger partial charge in [0.05, 0.1) is 6.04 Å². The Bertz CT molecular complexity index is 549. The Morgan fingerprint density at radius 2 is 2.21 bits per heavy atom. The number of hydrogen-bond acceptors (Lipinski definition) is 6. The molecule has 2 aromatic heterocycles. The SMILES string of the molecule is CCCc1nc(N)cc(NC(C)c2nncn2C)n1. The molecule has 0 amide bonds. The highest BCUT2D eigenvalue weighted by Crippen LogP contribution is 2.17. The first-order valence-electron chi connectivity index (χ1n) is 6.34. The molecule has 2 heterocycles. The van der Waals surface area contributed by atoms with Crippen molar-refractivity contribution in [2.24, 2.45) is 7.05 Å². The molecular weight excluding hydrogens is 242 g/mol. The van der Waals surface area contributed by atoms with Gasteiger partial charge in [0.1, 0.15) is 23.8 Å². The van der Waals surface area contributed by atoms with Gasteiger partial charge in [-0.2, -0.15) is 0 Å². The molecule has 0 saturated heterocycles. The highest BCUT2D eigenvalue weighted by Gasteiger charge is 2.12. The maximum Gasteiger partial charge on any atom is 0.154 e. The zero-order valence-corrected chi connectivity index (χ0v) is 11.5. The van der Waals surface area contributed by atoms with Gasteiger partial charge in [-0.05, 0) is 13.3 Å². The van der Waals surface area contributed by atoms with Crippen LogP contribution >= 0.6 is 0 Å². The lowest BCUT2D eigenvalue weighted by Gasteiger charge is -2.14. The van der Waals surface area contributed by atoms with E-state index < -0.39 is 0 Å². The highest BCUT2D eigenvalue weighted by atomic mass is 15.3. The van der Waals surface area contributed by atoms with Crippen molar-refractivity contribution in [3.63, 3.8) is 0 Å². The zero-order chi connectivity index (χ0) is 13.8. The van der Waals surface area contributed by atoms with Gasteiger partial charge in [0.2, 0.25) is 0 Å². The van der Waals surface area contributed by atoms with Gasteiger partial charge in [-0.25, -0.2) is 9.97 Å². The van der Waals surface area contributed by atoms with Gasteiger partial charge in [0, 0.05) is 19.5 Å². The fourth-order valence-corrected chi connectivity index (χ4v) is 1.90. The molecule has 102 valence electrons. The number of aryl methyl sites for hydroxylation is 2. The lowest BCUT2D eigenvalue weighted by atomic mass is 10.3. The van der Waals surface area contributed by atoms with Crippen molar-refractivity contribution >= 4 is 11.6 Å². The molecule has 7 nitrogen and oxygen atoms in total. The average molecular weight is 261 g/mol. The van der Waals surface area contributed by atoms with E-state index in [0.717, 1.165) is 24.5 Å². The second-order valence-electron chi connectivity index (χ2n) is 4.51. The third-order valence-electron chi connectivity index (χ3n) is 2.76. The van der Waals surface area contributed by atoms with Crippen molar-refractivity contribution in [2.45, 2.75) is 32.7 Å². The van der Waals surface area contributed by atoms with E-state index in [2.05, 4.69) is 32.4 Å². The molecule has 19 heavy (non-hydrogen) atoms. The summed E-state index contributed by atoms with van der Waals surface area (Å²) in [6, 6.07) is 1.72. The minimum Gasteiger partial charge on any atom is -0.384 e. The zero-order valence-electron chi connectivity index (χ0n) is 11.5. The molecule has 0 fully saturated rings. The third kappa shape index (κ3) is 3.18. The lowest BCUT2D eigenvalue weighted by molar-refractivity contribution is 0.714. The Kier molecular flexibility index (Phi) is 3.94. The highest BCUT2D eigenvalue weighted by molar-refractivity contribution is 5.45. The van der Waals surface area contributed by atoms with E-state index in [-0.39, 0.29) is 6.04 Å². The molecular formula is C12H19N7. The number of anilines is 2. The predicted molar refractivity (Wildman–Crippen MR) is 73.5 cm³/mol. The first kappa shape index (κ1) is 13.3. The molecule has 0 aliphatic carbocycles. The summed E-state index contributed by atoms with van der Waals surface area (Å²) in [5.74, 6) is 2.79. The molecule has 7 heteroatoms. The van der Waals surface area contributed by atoms with Crippen molar-refractivity contribution in [2.75, 3.05) is 11.1 Å². The van der Waals surface area contributed by atoms with Crippen LogP contribution in [0, 0.1) is 0 Å². The van der Waals surface area contributed by atoms with Crippen LogP contribution in [0.25, 0.3) is 0 Å². The molecule has 0 aliphatic heterocycles. The van der Waals surface area contributed by atoms with E-state index in [4.69, 9.17) is 5.73 Å². The van der Waals surface area contributed by atoms with E-state index in [1.165, 1.54) is 0 Å². The number of nitrogens with one attached hydrogen (secondary N) is 1. The summed E-state index contributed by atoms with van der Waals surface area (Å²) in [7, 11) is 1.91. The molecule has 0 saturated carbocycles. The normalized spacial score (nSPS) is 12.4. The van der Waals surface area contributed by atoms with E-state index in [1.54, 1.807) is 12.4 Å². The van der Waals surface area contributed by atoms with Crippen LogP contribution in [-0.4, -0.2) is 24.7 Å². The van der Waals surface area contributed by atoms with Gasteiger partial charge in [0.15, 0.2) is 5.82 Å². The van der Waals surface area contributed by atoms with Crippen LogP contribution < -0.4 is 11.1 Å². The first-order chi connectivity index (χ1) is 9.10. The number of rotatable bonds is 5. The molecule has 2 rings (SSSR count). The van der Waals surface area contributed by atoms with Crippen molar-refractivity contribution in [1.29, 1.82) is 0 Å². The van der Waals surface area contributed by atoms with Crippen LogP contribution in [0.5, 0.6) is 0 Å². The molecule has 1 atom stereocenters. The second-order valence-corrected chi connectivity index (χ2v) is 4.51. The van der Waals surface area contributed by atoms with E-state index in [9.17, 15) is 0 Å². The van der Waals surface area contributed by atoms with E-state index >= 15 is 0 Å². The number of nitrogen functional groups attached to an aromatic ring is 1. The molecule has 0 radical (unpaired) electrons. The minimum absolute atomic E-state index is 0.00345. The third-order valence-corrected chi connectivity index (χ3v) is 2.76. The summed E-state index contributed by atoms with van der Waals surface area (Å²) in [6.45, 7) is 4.09. The topological polar surface area (TPSA) is 94.5 Å². The fourth-order valence-electron chi connectivity index (χ4n) is 1.90. The summed E-state index contributed by atoms with van der Waals surface area (Å²) in [5, 5.41) is 11.2. The Morgan fingerprint density at radius 1 is 1.42 bits per heavy atom. The monoisotopic (exact) mass is 261 g/mol. The Morgan fingerprint density at radius 3 is 2.84 bits per heavy atom. The van der Waals surface area contributed by atoms with Crippen molar-refractivity contribution < 1.29 is 0 Å². The van der Waals surface area contributed by atoms with Crippen LogP contribution in [0.3, 0.4) is 0 Å². The number of nitrogens with two attached hydrogens (primary N) is 1. The lowest BCUT2D eigenvalue weighted by Crippen LogP contribution is -2.14. The summed E-state index contributed by atoms with van der Waals surface area (Å²) in [4.78, 5) is 8.65. The van der Waals surface area contributed by atoms with Gasteiger partial charge < -0.3 is 15.6 Å². The molecule has 2 aromatic rings.